The number of aromatic nitrogens is 1. The Morgan fingerprint density at radius 2 is 1.59 bits per heavy atom. The molecule has 1 aromatic heterocycles. The minimum Gasteiger partial charge on any atom is -0.488 e. The Hall–Kier alpha value is -3.28. The van der Waals surface area contributed by atoms with Gasteiger partial charge in [-0.15, -0.1) is 0 Å². The molecule has 3 aromatic rings. The van der Waals surface area contributed by atoms with Crippen molar-refractivity contribution in [2.75, 3.05) is 13.1 Å². The van der Waals surface area contributed by atoms with E-state index in [1.807, 2.05) is 68.7 Å². The number of ether oxygens (including phenoxy) is 1. The third-order valence-electron chi connectivity index (χ3n) is 5.62. The highest BCUT2D eigenvalue weighted by Crippen LogP contribution is 2.27. The van der Waals surface area contributed by atoms with Crippen molar-refractivity contribution < 1.29 is 4.74 Å². The first kappa shape index (κ1) is 33.7. The van der Waals surface area contributed by atoms with Crippen LogP contribution in [-0.4, -0.2) is 18.1 Å². The molecule has 0 aliphatic rings. The Labute approximate surface area is 241 Å². The SMILES string of the molecule is C=C(Cc1ccncc1)C[C@H](C)CC.C=CNCC(=C)CNSc1ccccc1OCc1ccccc1.CC. The van der Waals surface area contributed by atoms with Gasteiger partial charge in [0.05, 0.1) is 4.90 Å². The topological polar surface area (TPSA) is 46.2 Å². The molecular formula is C34H47N3OS. The third kappa shape index (κ3) is 15.7. The first-order valence-corrected chi connectivity index (χ1v) is 14.5. The Morgan fingerprint density at radius 3 is 2.26 bits per heavy atom. The fourth-order valence-corrected chi connectivity index (χ4v) is 4.19. The molecule has 210 valence electrons. The highest BCUT2D eigenvalue weighted by atomic mass is 32.2. The molecule has 0 unspecified atom stereocenters. The molecule has 39 heavy (non-hydrogen) atoms. The van der Waals surface area contributed by atoms with Crippen molar-refractivity contribution in [3.8, 4) is 5.75 Å². The number of hydrogen-bond acceptors (Lipinski definition) is 5. The Morgan fingerprint density at radius 1 is 0.923 bits per heavy atom. The maximum absolute atomic E-state index is 5.94. The van der Waals surface area contributed by atoms with Gasteiger partial charge in [-0.3, -0.25) is 9.71 Å². The molecule has 0 bridgehead atoms. The molecule has 0 amide bonds. The second-order valence-corrected chi connectivity index (χ2v) is 9.91. The molecule has 0 aliphatic carbocycles. The van der Waals surface area contributed by atoms with Crippen LogP contribution in [0.25, 0.3) is 0 Å². The van der Waals surface area contributed by atoms with Crippen LogP contribution in [0.2, 0.25) is 0 Å². The van der Waals surface area contributed by atoms with Crippen LogP contribution in [0.5, 0.6) is 5.75 Å². The van der Waals surface area contributed by atoms with Crippen LogP contribution < -0.4 is 14.8 Å². The quantitative estimate of drug-likeness (QED) is 0.148. The summed E-state index contributed by atoms with van der Waals surface area (Å²) in [5.41, 5.74) is 4.86. The van der Waals surface area contributed by atoms with Gasteiger partial charge in [0.25, 0.3) is 0 Å². The lowest BCUT2D eigenvalue weighted by Gasteiger charge is -2.12. The largest absolute Gasteiger partial charge is 0.488 e. The number of pyridine rings is 1. The monoisotopic (exact) mass is 545 g/mol. The number of rotatable bonds is 15. The van der Waals surface area contributed by atoms with Crippen molar-refractivity contribution in [1.29, 1.82) is 0 Å². The second kappa shape index (κ2) is 21.6. The van der Waals surface area contributed by atoms with Gasteiger partial charge in [-0.2, -0.15) is 0 Å². The molecule has 0 aliphatic heterocycles. The van der Waals surface area contributed by atoms with Crippen LogP contribution in [-0.2, 0) is 13.0 Å². The zero-order valence-electron chi connectivity index (χ0n) is 24.3. The average Bonchev–Trinajstić information content (AvgIpc) is 2.98. The van der Waals surface area contributed by atoms with Gasteiger partial charge in [0.2, 0.25) is 0 Å². The normalized spacial score (nSPS) is 10.6. The predicted molar refractivity (Wildman–Crippen MR) is 171 cm³/mol. The highest BCUT2D eigenvalue weighted by Gasteiger charge is 2.05. The van der Waals surface area contributed by atoms with E-state index in [-0.39, 0.29) is 0 Å². The van der Waals surface area contributed by atoms with Gasteiger partial charge in [0.1, 0.15) is 12.4 Å². The van der Waals surface area contributed by atoms with E-state index in [0.29, 0.717) is 6.61 Å². The van der Waals surface area contributed by atoms with Crippen molar-refractivity contribution in [2.24, 2.45) is 5.92 Å². The fraction of sp³-hybridized carbons (Fsp3) is 0.324. The van der Waals surface area contributed by atoms with Gasteiger partial charge >= 0.3 is 0 Å². The van der Waals surface area contributed by atoms with E-state index in [4.69, 9.17) is 4.74 Å². The Bertz CT molecular complexity index is 1070. The molecular weight excluding hydrogens is 498 g/mol. The fourth-order valence-electron chi connectivity index (χ4n) is 3.38. The van der Waals surface area contributed by atoms with E-state index >= 15 is 0 Å². The minimum atomic E-state index is 0.564. The van der Waals surface area contributed by atoms with Crippen LogP contribution in [0.3, 0.4) is 0 Å². The standard InChI is InChI=1S/C19H22N2OS.C13H19N.C2H6/c1-3-20-13-16(2)14-21-23-19-12-8-7-11-18(19)22-15-17-9-5-4-6-10-17;1-4-11(2)9-12(3)10-13-5-7-14-8-6-13;1-2/h3-12,20-21H,1-2,13-15H2;5-8,11H,3-4,9-10H2,1-2H3;1-2H3/t;11-;/m.1./s1. The van der Waals surface area contributed by atoms with Crippen molar-refractivity contribution in [3.05, 3.63) is 127 Å². The lowest BCUT2D eigenvalue weighted by molar-refractivity contribution is 0.299. The summed E-state index contributed by atoms with van der Waals surface area (Å²) in [5.74, 6) is 1.63. The van der Waals surface area contributed by atoms with Crippen LogP contribution in [0.15, 0.2) is 121 Å². The van der Waals surface area contributed by atoms with Crippen molar-refractivity contribution in [2.45, 2.75) is 58.5 Å². The smallest absolute Gasteiger partial charge is 0.134 e. The predicted octanol–water partition coefficient (Wildman–Crippen LogP) is 8.79. The van der Waals surface area contributed by atoms with Crippen LogP contribution in [0, 0.1) is 5.92 Å². The van der Waals surface area contributed by atoms with E-state index in [1.54, 1.807) is 18.1 Å². The van der Waals surface area contributed by atoms with E-state index in [2.05, 4.69) is 72.9 Å². The molecule has 0 radical (unpaired) electrons. The first-order valence-electron chi connectivity index (χ1n) is 13.7. The first-order chi connectivity index (χ1) is 19.0. The third-order valence-corrected chi connectivity index (χ3v) is 6.47. The molecule has 1 heterocycles. The van der Waals surface area contributed by atoms with Crippen LogP contribution >= 0.6 is 11.9 Å². The number of nitrogens with zero attached hydrogens (tertiary/aromatic N) is 1. The second-order valence-electron chi connectivity index (χ2n) is 8.98. The lowest BCUT2D eigenvalue weighted by atomic mass is 9.96. The molecule has 4 nitrogen and oxygen atoms in total. The summed E-state index contributed by atoms with van der Waals surface area (Å²) >= 11 is 1.55. The van der Waals surface area contributed by atoms with Crippen LogP contribution in [0.1, 0.15) is 51.7 Å². The molecule has 5 heteroatoms. The molecule has 0 fully saturated rings. The summed E-state index contributed by atoms with van der Waals surface area (Å²) in [7, 11) is 0. The van der Waals surface area contributed by atoms with Gasteiger partial charge in [0.15, 0.2) is 0 Å². The minimum absolute atomic E-state index is 0.564. The van der Waals surface area contributed by atoms with Gasteiger partial charge in [-0.25, -0.2) is 0 Å². The molecule has 2 N–H and O–H groups in total. The highest BCUT2D eigenvalue weighted by molar-refractivity contribution is 7.97. The van der Waals surface area contributed by atoms with E-state index in [1.165, 1.54) is 17.6 Å². The number of allylic oxidation sites excluding steroid dienone is 1. The lowest BCUT2D eigenvalue weighted by Crippen LogP contribution is -2.16. The van der Waals surface area contributed by atoms with Gasteiger partial charge in [0, 0.05) is 25.5 Å². The van der Waals surface area contributed by atoms with Crippen LogP contribution in [0.4, 0.5) is 0 Å². The van der Waals surface area contributed by atoms with Gasteiger partial charge < -0.3 is 10.1 Å². The van der Waals surface area contributed by atoms with Crippen molar-refractivity contribution in [3.63, 3.8) is 0 Å². The summed E-state index contributed by atoms with van der Waals surface area (Å²) in [6, 6.07) is 22.3. The summed E-state index contributed by atoms with van der Waals surface area (Å²) in [6.07, 6.45) is 8.71. The Kier molecular flexibility index (Phi) is 18.7. The molecule has 1 atom stereocenters. The maximum atomic E-state index is 5.94. The Balaban J connectivity index is 0.000000407. The number of para-hydroxylation sites is 1. The molecule has 0 spiro atoms. The molecule has 2 aromatic carbocycles. The summed E-state index contributed by atoms with van der Waals surface area (Å²) < 4.78 is 9.25. The molecule has 3 rings (SSSR count). The number of hydrogen-bond donors (Lipinski definition) is 2. The number of nitrogens with one attached hydrogen (secondary N) is 2. The summed E-state index contributed by atoms with van der Waals surface area (Å²) in [5, 5.41) is 3.04. The maximum Gasteiger partial charge on any atom is 0.134 e. The summed E-state index contributed by atoms with van der Waals surface area (Å²) in [6.45, 7) is 22.3. The van der Waals surface area contributed by atoms with E-state index in [9.17, 15) is 0 Å². The zero-order chi connectivity index (χ0) is 28.7. The molecule has 0 saturated carbocycles. The number of benzene rings is 2. The summed E-state index contributed by atoms with van der Waals surface area (Å²) in [4.78, 5) is 5.06. The molecule has 0 saturated heterocycles. The van der Waals surface area contributed by atoms with E-state index < -0.39 is 0 Å². The van der Waals surface area contributed by atoms with Gasteiger partial charge in [-0.05, 0) is 77.9 Å². The van der Waals surface area contributed by atoms with Crippen molar-refractivity contribution in [1.82, 2.24) is 15.0 Å². The van der Waals surface area contributed by atoms with Gasteiger partial charge in [-0.1, -0.05) is 102 Å². The average molecular weight is 546 g/mol. The van der Waals surface area contributed by atoms with E-state index in [0.717, 1.165) is 53.6 Å². The zero-order valence-corrected chi connectivity index (χ0v) is 25.1. The van der Waals surface area contributed by atoms with Crippen molar-refractivity contribution >= 4 is 11.9 Å².